The highest BCUT2D eigenvalue weighted by atomic mass is 16.5. The van der Waals surface area contributed by atoms with Crippen LogP contribution in [0, 0.1) is 5.92 Å². The van der Waals surface area contributed by atoms with Gasteiger partial charge in [-0.1, -0.05) is 33.1 Å². The Kier molecular flexibility index (Phi) is 9.26. The summed E-state index contributed by atoms with van der Waals surface area (Å²) in [4.78, 5) is 15.1. The van der Waals surface area contributed by atoms with E-state index in [4.69, 9.17) is 9.47 Å². The summed E-state index contributed by atoms with van der Waals surface area (Å²) in [7, 11) is 1.60. The van der Waals surface area contributed by atoms with E-state index in [1.165, 1.54) is 25.9 Å². The highest BCUT2D eigenvalue weighted by Gasteiger charge is 2.32. The second-order valence-corrected chi connectivity index (χ2v) is 8.27. The number of ether oxygens (including phenoxy) is 2. The lowest BCUT2D eigenvalue weighted by atomic mass is 9.97. The van der Waals surface area contributed by atoms with E-state index in [1.54, 1.807) is 7.11 Å². The number of hydrogen-bond acceptors (Lipinski definition) is 4. The number of hydrogen-bond donors (Lipinski definition) is 1. The third-order valence-electron chi connectivity index (χ3n) is 5.72. The van der Waals surface area contributed by atoms with Gasteiger partial charge in [-0.2, -0.15) is 0 Å². The SMILES string of the molecule is CCCCCC(C)(OC)C(=O)Nc1ccc(OCCN2CCCC(C)C2)cc1. The molecule has 1 aliphatic rings. The molecule has 1 aliphatic heterocycles. The molecule has 2 unspecified atom stereocenters. The average Bonchev–Trinajstić information content (AvgIpc) is 2.69. The summed E-state index contributed by atoms with van der Waals surface area (Å²) in [5.74, 6) is 1.52. The largest absolute Gasteiger partial charge is 0.492 e. The molecule has 0 radical (unpaired) electrons. The molecule has 1 fully saturated rings. The zero-order valence-corrected chi connectivity index (χ0v) is 18.1. The van der Waals surface area contributed by atoms with Crippen molar-refractivity contribution in [2.45, 2.75) is 64.9 Å². The second-order valence-electron chi connectivity index (χ2n) is 8.27. The minimum Gasteiger partial charge on any atom is -0.492 e. The van der Waals surface area contributed by atoms with Crippen molar-refractivity contribution in [2.75, 3.05) is 38.7 Å². The standard InChI is InChI=1S/C23H38N2O3/c1-5-6-7-14-23(3,27-4)22(26)24-20-10-12-21(13-11-20)28-17-16-25-15-8-9-19(2)18-25/h10-13,19H,5-9,14-18H2,1-4H3,(H,24,26). The number of carbonyl (C=O) groups excluding carboxylic acids is 1. The van der Waals surface area contributed by atoms with Gasteiger partial charge in [0.05, 0.1) is 0 Å². The van der Waals surface area contributed by atoms with Gasteiger partial charge in [0.25, 0.3) is 5.91 Å². The Morgan fingerprint density at radius 3 is 2.68 bits per heavy atom. The van der Waals surface area contributed by atoms with Crippen LogP contribution in [0.2, 0.25) is 0 Å². The van der Waals surface area contributed by atoms with Crippen molar-refractivity contribution in [3.8, 4) is 5.75 Å². The molecule has 2 atom stereocenters. The first-order valence-electron chi connectivity index (χ1n) is 10.8. The number of methoxy groups -OCH3 is 1. The van der Waals surface area contributed by atoms with Crippen LogP contribution in [-0.4, -0.2) is 49.8 Å². The zero-order chi connectivity index (χ0) is 20.4. The fraction of sp³-hybridized carbons (Fsp3) is 0.696. The van der Waals surface area contributed by atoms with Crippen molar-refractivity contribution in [1.29, 1.82) is 0 Å². The molecule has 28 heavy (non-hydrogen) atoms. The lowest BCUT2D eigenvalue weighted by Gasteiger charge is -2.30. The predicted octanol–water partition coefficient (Wildman–Crippen LogP) is 4.72. The molecular formula is C23H38N2O3. The molecule has 158 valence electrons. The molecule has 0 spiro atoms. The van der Waals surface area contributed by atoms with Crippen LogP contribution in [0.5, 0.6) is 5.75 Å². The van der Waals surface area contributed by atoms with Gasteiger partial charge < -0.3 is 14.8 Å². The minimum absolute atomic E-state index is 0.0982. The first kappa shape index (κ1) is 22.7. The summed E-state index contributed by atoms with van der Waals surface area (Å²) in [6, 6.07) is 7.60. The topological polar surface area (TPSA) is 50.8 Å². The molecule has 0 saturated carbocycles. The Hall–Kier alpha value is -1.59. The van der Waals surface area contributed by atoms with Crippen LogP contribution in [-0.2, 0) is 9.53 Å². The molecule has 1 aromatic rings. The van der Waals surface area contributed by atoms with Gasteiger partial charge in [-0.3, -0.25) is 9.69 Å². The third-order valence-corrected chi connectivity index (χ3v) is 5.72. The quantitative estimate of drug-likeness (QED) is 0.556. The van der Waals surface area contributed by atoms with Crippen molar-refractivity contribution >= 4 is 11.6 Å². The van der Waals surface area contributed by atoms with Gasteiger partial charge in [0.15, 0.2) is 0 Å². The summed E-state index contributed by atoms with van der Waals surface area (Å²) in [6.45, 7) is 10.3. The number of anilines is 1. The maximum Gasteiger partial charge on any atom is 0.256 e. The Morgan fingerprint density at radius 1 is 1.29 bits per heavy atom. The Bertz CT molecular complexity index is 590. The average molecular weight is 391 g/mol. The molecule has 1 N–H and O–H groups in total. The number of rotatable bonds is 11. The van der Waals surface area contributed by atoms with E-state index >= 15 is 0 Å². The van der Waals surface area contributed by atoms with Crippen LogP contribution >= 0.6 is 0 Å². The van der Waals surface area contributed by atoms with Crippen LogP contribution in [0.1, 0.15) is 59.3 Å². The van der Waals surface area contributed by atoms with Crippen LogP contribution in [0.25, 0.3) is 0 Å². The number of amides is 1. The number of unbranched alkanes of at least 4 members (excludes halogenated alkanes) is 2. The Morgan fingerprint density at radius 2 is 2.04 bits per heavy atom. The normalized spacial score (nSPS) is 19.8. The smallest absolute Gasteiger partial charge is 0.256 e. The molecule has 1 heterocycles. The van der Waals surface area contributed by atoms with Crippen LogP contribution < -0.4 is 10.1 Å². The molecule has 5 heteroatoms. The van der Waals surface area contributed by atoms with E-state index in [0.717, 1.165) is 49.6 Å². The molecule has 0 aliphatic carbocycles. The van der Waals surface area contributed by atoms with E-state index in [2.05, 4.69) is 24.1 Å². The fourth-order valence-corrected chi connectivity index (χ4v) is 3.70. The number of carbonyl (C=O) groups is 1. The molecule has 0 aromatic heterocycles. The Labute approximate surface area is 170 Å². The molecule has 0 bridgehead atoms. The molecule has 2 rings (SSSR count). The first-order chi connectivity index (χ1) is 13.5. The summed E-state index contributed by atoms with van der Waals surface area (Å²) in [6.07, 6.45) is 6.56. The van der Waals surface area contributed by atoms with Gasteiger partial charge in [0.2, 0.25) is 0 Å². The van der Waals surface area contributed by atoms with Gasteiger partial charge in [-0.05, 0) is 62.9 Å². The van der Waals surface area contributed by atoms with E-state index in [0.29, 0.717) is 6.61 Å². The number of likely N-dealkylation sites (tertiary alicyclic amines) is 1. The molecular weight excluding hydrogens is 352 g/mol. The molecule has 5 nitrogen and oxygen atoms in total. The fourth-order valence-electron chi connectivity index (χ4n) is 3.70. The van der Waals surface area contributed by atoms with E-state index in [9.17, 15) is 4.79 Å². The highest BCUT2D eigenvalue weighted by molar-refractivity contribution is 5.97. The first-order valence-corrected chi connectivity index (χ1v) is 10.8. The lowest BCUT2D eigenvalue weighted by Crippen LogP contribution is -2.41. The molecule has 1 amide bonds. The Balaban J connectivity index is 1.78. The predicted molar refractivity (Wildman–Crippen MR) is 115 cm³/mol. The highest BCUT2D eigenvalue weighted by Crippen LogP contribution is 2.23. The number of benzene rings is 1. The second kappa shape index (κ2) is 11.4. The van der Waals surface area contributed by atoms with Gasteiger partial charge in [0, 0.05) is 25.9 Å². The van der Waals surface area contributed by atoms with Crippen molar-refractivity contribution in [3.05, 3.63) is 24.3 Å². The van der Waals surface area contributed by atoms with E-state index in [-0.39, 0.29) is 5.91 Å². The summed E-state index contributed by atoms with van der Waals surface area (Å²) < 4.78 is 11.4. The third kappa shape index (κ3) is 7.10. The van der Waals surface area contributed by atoms with Crippen LogP contribution in [0.15, 0.2) is 24.3 Å². The van der Waals surface area contributed by atoms with Gasteiger partial charge in [-0.15, -0.1) is 0 Å². The van der Waals surface area contributed by atoms with E-state index in [1.807, 2.05) is 31.2 Å². The van der Waals surface area contributed by atoms with Crippen molar-refractivity contribution in [3.63, 3.8) is 0 Å². The van der Waals surface area contributed by atoms with Crippen molar-refractivity contribution in [1.82, 2.24) is 4.90 Å². The van der Waals surface area contributed by atoms with E-state index < -0.39 is 5.60 Å². The number of piperidine rings is 1. The summed E-state index contributed by atoms with van der Waals surface area (Å²) >= 11 is 0. The molecule has 1 aromatic carbocycles. The number of nitrogens with one attached hydrogen (secondary N) is 1. The lowest BCUT2D eigenvalue weighted by molar-refractivity contribution is -0.136. The summed E-state index contributed by atoms with van der Waals surface area (Å²) in [5, 5.41) is 2.97. The summed E-state index contributed by atoms with van der Waals surface area (Å²) in [5.41, 5.74) is -0.0309. The zero-order valence-electron chi connectivity index (χ0n) is 18.1. The maximum atomic E-state index is 12.6. The van der Waals surface area contributed by atoms with Gasteiger partial charge >= 0.3 is 0 Å². The van der Waals surface area contributed by atoms with Gasteiger partial charge in [0.1, 0.15) is 18.0 Å². The van der Waals surface area contributed by atoms with Crippen LogP contribution in [0.3, 0.4) is 0 Å². The van der Waals surface area contributed by atoms with Crippen molar-refractivity contribution < 1.29 is 14.3 Å². The number of nitrogens with zero attached hydrogens (tertiary/aromatic N) is 1. The maximum absolute atomic E-state index is 12.6. The van der Waals surface area contributed by atoms with Gasteiger partial charge in [-0.25, -0.2) is 0 Å². The molecule has 1 saturated heterocycles. The minimum atomic E-state index is -0.796. The van der Waals surface area contributed by atoms with Crippen molar-refractivity contribution in [2.24, 2.45) is 5.92 Å². The van der Waals surface area contributed by atoms with Crippen LogP contribution in [0.4, 0.5) is 5.69 Å². The monoisotopic (exact) mass is 390 g/mol.